The van der Waals surface area contributed by atoms with Gasteiger partial charge in [0.1, 0.15) is 0 Å². The monoisotopic (exact) mass is 426 g/mol. The number of hydrogen-bond acceptors (Lipinski definition) is 3. The molecule has 0 unspecified atom stereocenters. The highest BCUT2D eigenvalue weighted by atomic mass is 32.2. The molecule has 0 saturated heterocycles. The minimum Gasteiger partial charge on any atom is -0.289 e. The molecule has 0 bridgehead atoms. The molecule has 0 N–H and O–H groups in total. The van der Waals surface area contributed by atoms with Crippen molar-refractivity contribution in [2.45, 2.75) is 33.4 Å². The van der Waals surface area contributed by atoms with Gasteiger partial charge in [0.05, 0.1) is 0 Å². The molecule has 0 saturated carbocycles. The van der Waals surface area contributed by atoms with E-state index in [0.717, 1.165) is 9.79 Å². The van der Waals surface area contributed by atoms with E-state index in [1.165, 1.54) is 20.9 Å². The molecule has 0 aliphatic carbocycles. The molecule has 0 radical (unpaired) electrons. The first kappa shape index (κ1) is 20.5. The van der Waals surface area contributed by atoms with Gasteiger partial charge in [-0.1, -0.05) is 59.9 Å². The van der Waals surface area contributed by atoms with E-state index in [0.29, 0.717) is 11.1 Å². The number of benzene rings is 4. The van der Waals surface area contributed by atoms with Crippen LogP contribution in [-0.2, 0) is 0 Å². The van der Waals surface area contributed by atoms with Crippen molar-refractivity contribution in [2.75, 3.05) is 0 Å². The van der Waals surface area contributed by atoms with Crippen molar-refractivity contribution in [1.82, 2.24) is 0 Å². The summed E-state index contributed by atoms with van der Waals surface area (Å²) in [7, 11) is 0. The summed E-state index contributed by atoms with van der Waals surface area (Å²) in [5, 5.41) is 0. The maximum Gasteiger partial charge on any atom is 0.193 e. The second-order valence-corrected chi connectivity index (χ2v) is 9.34. The molecule has 0 atom stereocenters. The third kappa shape index (κ3) is 4.86. The lowest BCUT2D eigenvalue weighted by molar-refractivity contribution is 0.103. The second kappa shape index (κ2) is 9.38. The molecule has 0 aliphatic rings. The lowest BCUT2D eigenvalue weighted by atomic mass is 10.0. The molecule has 0 aliphatic heterocycles. The highest BCUT2D eigenvalue weighted by Crippen LogP contribution is 2.32. The largest absolute Gasteiger partial charge is 0.289 e. The van der Waals surface area contributed by atoms with Crippen molar-refractivity contribution in [3.05, 3.63) is 119 Å². The Morgan fingerprint density at radius 3 is 1.27 bits per heavy atom. The van der Waals surface area contributed by atoms with E-state index >= 15 is 0 Å². The Morgan fingerprint density at radius 2 is 0.900 bits per heavy atom. The van der Waals surface area contributed by atoms with Gasteiger partial charge in [0, 0.05) is 30.7 Å². The molecule has 3 heteroatoms. The highest BCUT2D eigenvalue weighted by Gasteiger charge is 2.10. The summed E-state index contributed by atoms with van der Waals surface area (Å²) in [4.78, 5) is 17.6. The Morgan fingerprint density at radius 1 is 0.533 bits per heavy atom. The van der Waals surface area contributed by atoms with Gasteiger partial charge in [-0.3, -0.25) is 4.79 Å². The van der Waals surface area contributed by atoms with Crippen molar-refractivity contribution >= 4 is 29.3 Å². The number of aryl methyl sites for hydroxylation is 2. The van der Waals surface area contributed by atoms with Crippen LogP contribution in [0.15, 0.2) is 117 Å². The molecule has 0 aromatic heterocycles. The fraction of sp³-hybridized carbons (Fsp3) is 0.0741. The van der Waals surface area contributed by atoms with Gasteiger partial charge >= 0.3 is 0 Å². The van der Waals surface area contributed by atoms with E-state index in [1.807, 2.05) is 72.8 Å². The minimum atomic E-state index is 0.0508. The van der Waals surface area contributed by atoms with E-state index < -0.39 is 0 Å². The smallest absolute Gasteiger partial charge is 0.193 e. The van der Waals surface area contributed by atoms with Crippen molar-refractivity contribution in [3.63, 3.8) is 0 Å². The first-order valence-electron chi connectivity index (χ1n) is 9.82. The van der Waals surface area contributed by atoms with Crippen LogP contribution in [0.2, 0.25) is 0 Å². The molecule has 0 amide bonds. The van der Waals surface area contributed by atoms with Gasteiger partial charge in [0.2, 0.25) is 0 Å². The van der Waals surface area contributed by atoms with Gasteiger partial charge in [-0.25, -0.2) is 0 Å². The third-order valence-electron chi connectivity index (χ3n) is 4.88. The van der Waals surface area contributed by atoms with Crippen LogP contribution in [0, 0.1) is 13.8 Å². The van der Waals surface area contributed by atoms with Gasteiger partial charge in [0.25, 0.3) is 0 Å². The molecular weight excluding hydrogens is 404 g/mol. The predicted octanol–water partition coefficient (Wildman–Crippen LogP) is 7.84. The Hall–Kier alpha value is -2.75. The fourth-order valence-electron chi connectivity index (χ4n) is 3.11. The summed E-state index contributed by atoms with van der Waals surface area (Å²) in [6.07, 6.45) is 0. The van der Waals surface area contributed by atoms with E-state index in [9.17, 15) is 4.79 Å². The van der Waals surface area contributed by atoms with E-state index in [4.69, 9.17) is 0 Å². The van der Waals surface area contributed by atoms with Gasteiger partial charge in [-0.15, -0.1) is 0 Å². The highest BCUT2D eigenvalue weighted by molar-refractivity contribution is 7.99. The fourth-order valence-corrected chi connectivity index (χ4v) is 4.91. The first-order valence-corrected chi connectivity index (χ1v) is 11.5. The van der Waals surface area contributed by atoms with E-state index in [2.05, 4.69) is 38.1 Å². The van der Waals surface area contributed by atoms with Crippen molar-refractivity contribution in [2.24, 2.45) is 0 Å². The quantitative estimate of drug-likeness (QED) is 0.292. The van der Waals surface area contributed by atoms with Crippen LogP contribution >= 0.6 is 23.5 Å². The van der Waals surface area contributed by atoms with Gasteiger partial charge < -0.3 is 0 Å². The Labute approximate surface area is 186 Å². The van der Waals surface area contributed by atoms with Crippen LogP contribution in [0.1, 0.15) is 27.0 Å². The SMILES string of the molecule is Cc1ccccc1Sc1ccc(C(=O)c2ccc(Sc3ccccc3C)cc2)cc1. The number of rotatable bonds is 6. The normalized spacial score (nSPS) is 10.7. The molecular formula is C27H22OS2. The number of carbonyl (C=O) groups excluding carboxylic acids is 1. The number of ketones is 1. The van der Waals surface area contributed by atoms with Crippen LogP contribution in [0.3, 0.4) is 0 Å². The summed E-state index contributed by atoms with van der Waals surface area (Å²) < 4.78 is 0. The van der Waals surface area contributed by atoms with Gasteiger partial charge in [-0.2, -0.15) is 0 Å². The van der Waals surface area contributed by atoms with Crippen LogP contribution in [0.5, 0.6) is 0 Å². The molecule has 0 fully saturated rings. The zero-order valence-corrected chi connectivity index (χ0v) is 18.6. The number of hydrogen-bond donors (Lipinski definition) is 0. The van der Waals surface area contributed by atoms with Crippen LogP contribution in [0.4, 0.5) is 0 Å². The van der Waals surface area contributed by atoms with E-state index in [1.54, 1.807) is 23.5 Å². The van der Waals surface area contributed by atoms with Crippen LogP contribution < -0.4 is 0 Å². The molecule has 4 aromatic rings. The predicted molar refractivity (Wildman–Crippen MR) is 127 cm³/mol. The molecule has 148 valence electrons. The summed E-state index contributed by atoms with van der Waals surface area (Å²) in [6, 6.07) is 32.4. The Balaban J connectivity index is 1.45. The summed E-state index contributed by atoms with van der Waals surface area (Å²) in [6.45, 7) is 4.22. The summed E-state index contributed by atoms with van der Waals surface area (Å²) >= 11 is 3.44. The molecule has 30 heavy (non-hydrogen) atoms. The van der Waals surface area contributed by atoms with Crippen LogP contribution in [0.25, 0.3) is 0 Å². The average Bonchev–Trinajstić information content (AvgIpc) is 2.77. The maximum absolute atomic E-state index is 12.9. The Kier molecular flexibility index (Phi) is 6.41. The molecule has 1 nitrogen and oxygen atoms in total. The molecule has 4 aromatic carbocycles. The first-order chi connectivity index (χ1) is 14.6. The zero-order chi connectivity index (χ0) is 20.9. The van der Waals surface area contributed by atoms with Crippen molar-refractivity contribution in [3.8, 4) is 0 Å². The van der Waals surface area contributed by atoms with Gasteiger partial charge in [0.15, 0.2) is 5.78 Å². The Bertz CT molecular complexity index is 1070. The minimum absolute atomic E-state index is 0.0508. The van der Waals surface area contributed by atoms with Crippen LogP contribution in [-0.4, -0.2) is 5.78 Å². The second-order valence-electron chi connectivity index (χ2n) is 7.11. The average molecular weight is 427 g/mol. The molecule has 0 spiro atoms. The zero-order valence-electron chi connectivity index (χ0n) is 17.0. The number of carbonyl (C=O) groups is 1. The summed E-state index contributed by atoms with van der Waals surface area (Å²) in [5.41, 5.74) is 3.93. The van der Waals surface area contributed by atoms with E-state index in [-0.39, 0.29) is 5.78 Å². The topological polar surface area (TPSA) is 17.1 Å². The third-order valence-corrected chi connectivity index (χ3v) is 7.25. The van der Waals surface area contributed by atoms with Gasteiger partial charge in [-0.05, 0) is 85.6 Å². The van der Waals surface area contributed by atoms with Crippen molar-refractivity contribution in [1.29, 1.82) is 0 Å². The lowest BCUT2D eigenvalue weighted by Gasteiger charge is -2.08. The van der Waals surface area contributed by atoms with Crippen molar-refractivity contribution < 1.29 is 4.79 Å². The lowest BCUT2D eigenvalue weighted by Crippen LogP contribution is -2.00. The summed E-state index contributed by atoms with van der Waals surface area (Å²) in [5.74, 6) is 0.0508. The standard InChI is InChI=1S/C27H22OS2/c1-19-7-3-5-9-25(19)29-23-15-11-21(12-16-23)27(28)22-13-17-24(18-14-22)30-26-10-6-4-8-20(26)2/h3-18H,1-2H3. The molecule has 0 heterocycles. The maximum atomic E-state index is 12.9. The molecule has 4 rings (SSSR count).